The third-order valence-electron chi connectivity index (χ3n) is 6.33. The van der Waals surface area contributed by atoms with E-state index in [9.17, 15) is 14.4 Å². The largest absolute Gasteiger partial charge is 0.488 e. The van der Waals surface area contributed by atoms with Crippen LogP contribution in [0.4, 0.5) is 0 Å². The van der Waals surface area contributed by atoms with Crippen LogP contribution in [0.3, 0.4) is 0 Å². The molecule has 0 aromatic heterocycles. The minimum absolute atomic E-state index is 0.138. The Bertz CT molecular complexity index is 1140. The number of halogens is 1. The second-order valence-corrected chi connectivity index (χ2v) is 9.12. The molecule has 1 saturated carbocycles. The summed E-state index contributed by atoms with van der Waals surface area (Å²) >= 11 is 3.43. The number of hydrogen-bond donors (Lipinski definition) is 1. The Morgan fingerprint density at radius 2 is 1.75 bits per heavy atom. The fourth-order valence-corrected chi connectivity index (χ4v) is 5.16. The Kier molecular flexibility index (Phi) is 5.17. The van der Waals surface area contributed by atoms with E-state index in [0.717, 1.165) is 21.5 Å². The van der Waals surface area contributed by atoms with Gasteiger partial charge in [0.05, 0.1) is 23.6 Å². The number of allylic oxidation sites excluding steroid dienone is 2. The van der Waals surface area contributed by atoms with Crippen LogP contribution in [-0.4, -0.2) is 34.1 Å². The molecule has 1 heterocycles. The average molecular weight is 495 g/mol. The van der Waals surface area contributed by atoms with Crippen LogP contribution < -0.4 is 4.74 Å². The average Bonchev–Trinajstić information content (AvgIpc) is 3.46. The lowest BCUT2D eigenvalue weighted by molar-refractivity contribution is -0.140. The number of carboxylic acid groups (broad SMARTS) is 1. The van der Waals surface area contributed by atoms with Crippen molar-refractivity contribution in [1.29, 1.82) is 0 Å². The number of carbonyl (C=O) groups excluding carboxylic acids is 2. The molecule has 2 aromatic carbocycles. The third-order valence-corrected chi connectivity index (χ3v) is 6.82. The Morgan fingerprint density at radius 3 is 2.38 bits per heavy atom. The van der Waals surface area contributed by atoms with E-state index in [0.29, 0.717) is 11.3 Å². The highest BCUT2D eigenvalue weighted by atomic mass is 79.9. The highest BCUT2D eigenvalue weighted by Gasteiger charge is 2.59. The van der Waals surface area contributed by atoms with Crippen LogP contribution in [0.15, 0.2) is 64.2 Å². The van der Waals surface area contributed by atoms with Crippen molar-refractivity contribution < 1.29 is 24.2 Å². The smallest absolute Gasteiger partial charge is 0.335 e. The molecule has 2 amide bonds. The zero-order valence-corrected chi connectivity index (χ0v) is 18.4. The molecule has 5 rings (SSSR count). The summed E-state index contributed by atoms with van der Waals surface area (Å²) in [5, 5.41) is 14.3. The highest BCUT2D eigenvalue weighted by molar-refractivity contribution is 9.10. The molecule has 0 spiro atoms. The summed E-state index contributed by atoms with van der Waals surface area (Å²) in [4.78, 5) is 36.6. The molecule has 1 saturated heterocycles. The maximum atomic E-state index is 12.8. The molecule has 0 unspecified atom stereocenters. The number of hydrogen-bond acceptors (Lipinski definition) is 5. The third kappa shape index (κ3) is 3.54. The molecule has 3 aliphatic rings. The van der Waals surface area contributed by atoms with E-state index < -0.39 is 5.97 Å². The zero-order valence-electron chi connectivity index (χ0n) is 16.8. The van der Waals surface area contributed by atoms with Gasteiger partial charge in [0, 0.05) is 10.0 Å². The molecule has 2 aliphatic carbocycles. The fraction of sp³-hybridized carbons (Fsp3) is 0.250. The Morgan fingerprint density at radius 1 is 1.09 bits per heavy atom. The summed E-state index contributed by atoms with van der Waals surface area (Å²) in [6.07, 6.45) is 6.45. The van der Waals surface area contributed by atoms with Crippen molar-refractivity contribution in [3.05, 3.63) is 75.8 Å². The van der Waals surface area contributed by atoms with Gasteiger partial charge >= 0.3 is 5.97 Å². The molecule has 1 aliphatic heterocycles. The Labute approximate surface area is 192 Å². The summed E-state index contributed by atoms with van der Waals surface area (Å²) < 4.78 is 6.71. The quantitative estimate of drug-likeness (QED) is 0.373. The first-order chi connectivity index (χ1) is 15.4. The van der Waals surface area contributed by atoms with E-state index in [1.165, 1.54) is 18.3 Å². The monoisotopic (exact) mass is 494 g/mol. The molecular formula is C24H19BrN2O5. The van der Waals surface area contributed by atoms with Crippen LogP contribution in [0, 0.1) is 23.7 Å². The van der Waals surface area contributed by atoms with Gasteiger partial charge in [-0.2, -0.15) is 10.1 Å². The summed E-state index contributed by atoms with van der Waals surface area (Å²) in [5.41, 5.74) is 1.63. The summed E-state index contributed by atoms with van der Waals surface area (Å²) in [6, 6.07) is 11.8. The van der Waals surface area contributed by atoms with Gasteiger partial charge in [-0.05, 0) is 54.2 Å². The maximum absolute atomic E-state index is 12.8. The number of carbonyl (C=O) groups is 3. The topological polar surface area (TPSA) is 96.3 Å². The van der Waals surface area contributed by atoms with Crippen LogP contribution in [0.25, 0.3) is 0 Å². The standard InChI is InChI=1S/C24H19BrN2O5/c25-18-7-8-19(32-12-13-1-3-14(4-2-13)24(30)31)17(10-18)11-26-27-22(28)20-15-5-6-16(9-15)21(20)23(27)29/h1-8,10-11,15-16,20-21H,9,12H2,(H,30,31)/t15-,16-,20-,21+/m0/s1. The van der Waals surface area contributed by atoms with Gasteiger partial charge in [0.15, 0.2) is 0 Å². The van der Waals surface area contributed by atoms with Crippen molar-refractivity contribution in [2.75, 3.05) is 0 Å². The fourth-order valence-electron chi connectivity index (χ4n) is 4.78. The van der Waals surface area contributed by atoms with Gasteiger partial charge in [-0.25, -0.2) is 4.79 Å². The predicted molar refractivity (Wildman–Crippen MR) is 119 cm³/mol. The van der Waals surface area contributed by atoms with E-state index in [2.05, 4.69) is 21.0 Å². The van der Waals surface area contributed by atoms with E-state index in [-0.39, 0.29) is 47.7 Å². The van der Waals surface area contributed by atoms with Crippen LogP contribution in [0.1, 0.15) is 27.9 Å². The molecule has 7 nitrogen and oxygen atoms in total. The van der Waals surface area contributed by atoms with Gasteiger partial charge < -0.3 is 9.84 Å². The Balaban J connectivity index is 1.32. The van der Waals surface area contributed by atoms with Gasteiger partial charge in [0.25, 0.3) is 11.8 Å². The SMILES string of the molecule is O=C(O)c1ccc(COc2ccc(Br)cc2C=NN2C(=O)[C@@H]3[C@H](C2=O)[C@H]2C=C[C@H]3C2)cc1. The van der Waals surface area contributed by atoms with Crippen molar-refractivity contribution in [3.8, 4) is 5.75 Å². The summed E-state index contributed by atoms with van der Waals surface area (Å²) in [7, 11) is 0. The van der Waals surface area contributed by atoms with Crippen molar-refractivity contribution in [1.82, 2.24) is 5.01 Å². The minimum Gasteiger partial charge on any atom is -0.488 e. The normalized spacial score (nSPS) is 25.7. The van der Waals surface area contributed by atoms with E-state index in [4.69, 9.17) is 9.84 Å². The molecule has 8 heteroatoms. The number of carboxylic acids is 1. The van der Waals surface area contributed by atoms with Crippen LogP contribution in [0.5, 0.6) is 5.75 Å². The second kappa shape index (κ2) is 8.02. The van der Waals surface area contributed by atoms with Gasteiger partial charge in [0.2, 0.25) is 0 Å². The number of rotatable bonds is 6. The maximum Gasteiger partial charge on any atom is 0.335 e. The number of benzene rings is 2. The number of ether oxygens (including phenoxy) is 1. The zero-order chi connectivity index (χ0) is 22.4. The van der Waals surface area contributed by atoms with Crippen molar-refractivity contribution >= 4 is 39.9 Å². The Hall–Kier alpha value is -3.26. The van der Waals surface area contributed by atoms with Crippen LogP contribution in [0.2, 0.25) is 0 Å². The first kappa shape index (κ1) is 20.6. The number of aromatic carboxylic acids is 1. The number of imide groups is 1. The molecular weight excluding hydrogens is 476 g/mol. The first-order valence-corrected chi connectivity index (χ1v) is 11.1. The minimum atomic E-state index is -0.984. The van der Waals surface area contributed by atoms with Crippen LogP contribution >= 0.6 is 15.9 Å². The molecule has 2 aromatic rings. The van der Waals surface area contributed by atoms with Crippen molar-refractivity contribution in [3.63, 3.8) is 0 Å². The van der Waals surface area contributed by atoms with Crippen molar-refractivity contribution in [2.24, 2.45) is 28.8 Å². The number of nitrogens with zero attached hydrogens (tertiary/aromatic N) is 2. The van der Waals surface area contributed by atoms with Crippen LogP contribution in [-0.2, 0) is 16.2 Å². The first-order valence-electron chi connectivity index (χ1n) is 10.3. The van der Waals surface area contributed by atoms with Gasteiger partial charge in [-0.15, -0.1) is 0 Å². The lowest BCUT2D eigenvalue weighted by Gasteiger charge is -2.13. The van der Waals surface area contributed by atoms with Gasteiger partial charge in [0.1, 0.15) is 12.4 Å². The summed E-state index contributed by atoms with van der Waals surface area (Å²) in [6.45, 7) is 0.225. The molecule has 2 fully saturated rings. The number of hydrazone groups is 1. The molecule has 1 N–H and O–H groups in total. The number of fused-ring (bicyclic) bond motifs is 5. The van der Waals surface area contributed by atoms with E-state index in [1.54, 1.807) is 24.3 Å². The van der Waals surface area contributed by atoms with Gasteiger partial charge in [-0.1, -0.05) is 40.2 Å². The molecule has 2 bridgehead atoms. The van der Waals surface area contributed by atoms with Crippen molar-refractivity contribution in [2.45, 2.75) is 13.0 Å². The second-order valence-electron chi connectivity index (χ2n) is 8.21. The molecule has 162 valence electrons. The van der Waals surface area contributed by atoms with E-state index >= 15 is 0 Å². The molecule has 32 heavy (non-hydrogen) atoms. The van der Waals surface area contributed by atoms with E-state index in [1.807, 2.05) is 18.2 Å². The number of amides is 2. The highest BCUT2D eigenvalue weighted by Crippen LogP contribution is 2.52. The molecule has 4 atom stereocenters. The predicted octanol–water partition coefficient (Wildman–Crippen LogP) is 3.87. The van der Waals surface area contributed by atoms with Gasteiger partial charge in [-0.3, -0.25) is 9.59 Å². The molecule has 0 radical (unpaired) electrons. The lowest BCUT2D eigenvalue weighted by Crippen LogP contribution is -2.28. The summed E-state index contributed by atoms with van der Waals surface area (Å²) in [5.74, 6) is -1.22. The lowest BCUT2D eigenvalue weighted by atomic mass is 9.85.